The zero-order chi connectivity index (χ0) is 31.0. The third-order valence-electron chi connectivity index (χ3n) is 7.45. The maximum Gasteiger partial charge on any atom is 0.410 e. The number of nitrogens with zero attached hydrogens (tertiary/aromatic N) is 9. The minimum atomic E-state index is -3.81. The van der Waals surface area contributed by atoms with Crippen molar-refractivity contribution >= 4 is 40.1 Å². The molecule has 224 valence electrons. The normalized spacial score (nSPS) is 17.6. The number of hydrogen-bond donors (Lipinski definition) is 0. The number of pyridine rings is 2. The molecule has 2 aliphatic rings. The molecule has 0 bridgehead atoms. The number of carbonyl (C=O) groups excluding carboxylic acids is 2. The first kappa shape index (κ1) is 27.8. The van der Waals surface area contributed by atoms with Gasteiger partial charge in [0.05, 0.1) is 58.5 Å². The minimum absolute atomic E-state index is 0.0228. The smallest absolute Gasteiger partial charge is 0.410 e. The maximum absolute atomic E-state index is 16.2. The number of hydrogen-bond acceptors (Lipinski definition) is 8. The van der Waals surface area contributed by atoms with Gasteiger partial charge in [-0.05, 0) is 45.4 Å². The Kier molecular flexibility index (Phi) is 6.18. The van der Waals surface area contributed by atoms with Crippen molar-refractivity contribution in [2.75, 3.05) is 11.4 Å². The first-order valence-corrected chi connectivity index (χ1v) is 14.0. The van der Waals surface area contributed by atoms with E-state index in [-0.39, 0.29) is 28.1 Å². The fraction of sp³-hybridized carbons (Fsp3) is 0.276. The number of anilines is 1. The van der Waals surface area contributed by atoms with Gasteiger partial charge in [0.1, 0.15) is 11.3 Å². The SMILES string of the molecule is CC(C)(C)OC(=O)N1CCC1c1nccc2c(-n3ncc4c3C(F)(F)N(c3cnc(-n5nccn5)c(Cl)c3)C4=O)cccc12. The lowest BCUT2D eigenvalue weighted by molar-refractivity contribution is -0.00648. The van der Waals surface area contributed by atoms with Crippen LogP contribution < -0.4 is 4.90 Å². The molecule has 0 spiro atoms. The van der Waals surface area contributed by atoms with E-state index in [1.54, 1.807) is 50.1 Å². The Morgan fingerprint density at radius 2 is 1.82 bits per heavy atom. The van der Waals surface area contributed by atoms with Gasteiger partial charge in [-0.25, -0.2) is 19.4 Å². The minimum Gasteiger partial charge on any atom is -0.444 e. The van der Waals surface area contributed by atoms with Crippen LogP contribution in [0.1, 0.15) is 55.0 Å². The van der Waals surface area contributed by atoms with Crippen LogP contribution in [0.5, 0.6) is 0 Å². The Labute approximate surface area is 253 Å². The van der Waals surface area contributed by atoms with Gasteiger partial charge >= 0.3 is 12.1 Å². The monoisotopic (exact) mass is 619 g/mol. The molecule has 6 heterocycles. The molecule has 1 fully saturated rings. The van der Waals surface area contributed by atoms with E-state index < -0.39 is 29.3 Å². The van der Waals surface area contributed by atoms with Gasteiger partial charge < -0.3 is 4.74 Å². The van der Waals surface area contributed by atoms with Gasteiger partial charge in [-0.1, -0.05) is 23.7 Å². The highest BCUT2D eigenvalue weighted by Gasteiger charge is 2.56. The summed E-state index contributed by atoms with van der Waals surface area (Å²) in [4.78, 5) is 38.0. The van der Waals surface area contributed by atoms with Crippen molar-refractivity contribution in [1.82, 2.24) is 39.6 Å². The molecule has 44 heavy (non-hydrogen) atoms. The summed E-state index contributed by atoms with van der Waals surface area (Å²) in [6, 6.07) is 3.91. The van der Waals surface area contributed by atoms with Gasteiger partial charge in [-0.15, -0.1) is 4.80 Å². The van der Waals surface area contributed by atoms with E-state index in [0.29, 0.717) is 40.0 Å². The van der Waals surface area contributed by atoms with Crippen molar-refractivity contribution in [2.45, 2.75) is 44.9 Å². The highest BCUT2D eigenvalue weighted by molar-refractivity contribution is 6.32. The average molecular weight is 620 g/mol. The number of ether oxygens (including phenoxy) is 1. The Morgan fingerprint density at radius 3 is 2.50 bits per heavy atom. The van der Waals surface area contributed by atoms with Crippen LogP contribution in [0.4, 0.5) is 19.3 Å². The number of alkyl halides is 2. The summed E-state index contributed by atoms with van der Waals surface area (Å²) >= 11 is 6.33. The van der Waals surface area contributed by atoms with Crippen LogP contribution in [-0.4, -0.2) is 63.8 Å². The first-order valence-electron chi connectivity index (χ1n) is 13.7. The third-order valence-corrected chi connectivity index (χ3v) is 7.73. The summed E-state index contributed by atoms with van der Waals surface area (Å²) in [6.45, 7) is 5.90. The van der Waals surface area contributed by atoms with E-state index in [1.165, 1.54) is 18.5 Å². The second kappa shape index (κ2) is 9.77. The fourth-order valence-corrected chi connectivity index (χ4v) is 5.74. The van der Waals surface area contributed by atoms with Crippen molar-refractivity contribution in [3.05, 3.63) is 83.3 Å². The largest absolute Gasteiger partial charge is 0.444 e. The summed E-state index contributed by atoms with van der Waals surface area (Å²) in [5.41, 5.74) is -0.788. The molecule has 1 saturated heterocycles. The molecule has 0 N–H and O–H groups in total. The number of aromatic nitrogens is 7. The van der Waals surface area contributed by atoms with E-state index >= 15 is 8.78 Å². The molecule has 2 aliphatic heterocycles. The van der Waals surface area contributed by atoms with Crippen molar-refractivity contribution in [3.63, 3.8) is 0 Å². The number of fused-ring (bicyclic) bond motifs is 2. The second-order valence-electron chi connectivity index (χ2n) is 11.4. The zero-order valence-electron chi connectivity index (χ0n) is 23.6. The summed E-state index contributed by atoms with van der Waals surface area (Å²) in [5, 5.41) is 13.3. The molecule has 1 unspecified atom stereocenters. The second-order valence-corrected chi connectivity index (χ2v) is 11.8. The number of amides is 2. The van der Waals surface area contributed by atoms with Gasteiger partial charge in [0.2, 0.25) is 0 Å². The average Bonchev–Trinajstić information content (AvgIpc) is 3.66. The molecular weight excluding hydrogens is 596 g/mol. The van der Waals surface area contributed by atoms with E-state index in [1.807, 2.05) is 6.07 Å². The van der Waals surface area contributed by atoms with Gasteiger partial charge in [-0.3, -0.25) is 14.7 Å². The zero-order valence-corrected chi connectivity index (χ0v) is 24.4. The van der Waals surface area contributed by atoms with Crippen LogP contribution in [0.25, 0.3) is 22.3 Å². The van der Waals surface area contributed by atoms with Crippen molar-refractivity contribution in [3.8, 4) is 11.5 Å². The van der Waals surface area contributed by atoms with Crippen molar-refractivity contribution in [1.29, 1.82) is 0 Å². The van der Waals surface area contributed by atoms with Crippen LogP contribution in [0.3, 0.4) is 0 Å². The molecule has 1 aromatic carbocycles. The van der Waals surface area contributed by atoms with E-state index in [4.69, 9.17) is 16.3 Å². The van der Waals surface area contributed by atoms with E-state index in [0.717, 1.165) is 21.9 Å². The van der Waals surface area contributed by atoms with Crippen LogP contribution in [-0.2, 0) is 10.8 Å². The van der Waals surface area contributed by atoms with Gasteiger partial charge in [0.15, 0.2) is 5.82 Å². The lowest BCUT2D eigenvalue weighted by Gasteiger charge is -2.41. The number of benzene rings is 1. The van der Waals surface area contributed by atoms with E-state index in [9.17, 15) is 9.59 Å². The Bertz CT molecular complexity index is 1960. The Morgan fingerprint density at radius 1 is 1.05 bits per heavy atom. The lowest BCUT2D eigenvalue weighted by Crippen LogP contribution is -2.47. The van der Waals surface area contributed by atoms with Gasteiger partial charge in [0.25, 0.3) is 5.91 Å². The molecule has 1 atom stereocenters. The molecular formula is C29H24ClF2N9O3. The standard InChI is InChI=1S/C29H24ClF2N9O3/c1-28(2,3)44-27(43)38-12-8-22(38)23-18-5-4-6-21(17(18)7-9-33-23)40-24-19(15-37-40)26(42)39(29(24,31)32)16-13-20(30)25(34-14-16)41-35-10-11-36-41/h4-7,9-11,13-15,22H,8,12H2,1-3H3. The van der Waals surface area contributed by atoms with Crippen LogP contribution in [0.15, 0.2) is 61.3 Å². The summed E-state index contributed by atoms with van der Waals surface area (Å²) in [7, 11) is 0. The highest BCUT2D eigenvalue weighted by atomic mass is 35.5. The summed E-state index contributed by atoms with van der Waals surface area (Å²) in [6.07, 6.45) is 6.86. The maximum atomic E-state index is 16.2. The van der Waals surface area contributed by atoms with Crippen LogP contribution in [0.2, 0.25) is 5.02 Å². The molecule has 2 amide bonds. The topological polar surface area (TPSA) is 124 Å². The molecule has 15 heteroatoms. The molecule has 0 radical (unpaired) electrons. The van der Waals surface area contributed by atoms with Crippen LogP contribution in [0, 0.1) is 0 Å². The number of halogens is 3. The predicted molar refractivity (Wildman–Crippen MR) is 154 cm³/mol. The third kappa shape index (κ3) is 4.27. The molecule has 12 nitrogen and oxygen atoms in total. The molecule has 0 aliphatic carbocycles. The lowest BCUT2D eigenvalue weighted by atomic mass is 9.95. The molecule has 5 aromatic rings. The first-order chi connectivity index (χ1) is 21.0. The summed E-state index contributed by atoms with van der Waals surface area (Å²) in [5.74, 6) is -0.833. The highest BCUT2D eigenvalue weighted by Crippen LogP contribution is 2.46. The quantitative estimate of drug-likeness (QED) is 0.244. The summed E-state index contributed by atoms with van der Waals surface area (Å²) < 4.78 is 39.1. The number of likely N-dealkylation sites (tertiary alicyclic amines) is 1. The predicted octanol–water partition coefficient (Wildman–Crippen LogP) is 5.44. The number of carbonyl (C=O) groups is 2. The Balaban J connectivity index is 1.27. The van der Waals surface area contributed by atoms with E-state index in [2.05, 4.69) is 25.3 Å². The molecule has 4 aromatic heterocycles. The van der Waals surface area contributed by atoms with Crippen LogP contribution >= 0.6 is 11.6 Å². The Hall–Kier alpha value is -4.98. The van der Waals surface area contributed by atoms with Gasteiger partial charge in [-0.2, -0.15) is 24.1 Å². The molecule has 0 saturated carbocycles. The van der Waals surface area contributed by atoms with Crippen molar-refractivity contribution in [2.24, 2.45) is 0 Å². The van der Waals surface area contributed by atoms with Crippen molar-refractivity contribution < 1.29 is 23.1 Å². The fourth-order valence-electron chi connectivity index (χ4n) is 5.50. The molecule has 7 rings (SSSR count). The van der Waals surface area contributed by atoms with Gasteiger partial charge in [0, 0.05) is 23.5 Å². The number of rotatable bonds is 4.